The highest BCUT2D eigenvalue weighted by Crippen LogP contribution is 2.19. The molecule has 2 aromatic rings. The maximum atomic E-state index is 12.5. The van der Waals surface area contributed by atoms with Gasteiger partial charge in [0.05, 0.1) is 24.7 Å². The molecule has 0 bridgehead atoms. The summed E-state index contributed by atoms with van der Waals surface area (Å²) < 4.78 is 5.14. The van der Waals surface area contributed by atoms with Crippen molar-refractivity contribution in [1.82, 2.24) is 15.2 Å². The lowest BCUT2D eigenvalue weighted by Gasteiger charge is -2.31. The lowest BCUT2D eigenvalue weighted by atomic mass is 9.95. The van der Waals surface area contributed by atoms with E-state index in [2.05, 4.69) is 10.3 Å². The van der Waals surface area contributed by atoms with E-state index >= 15 is 0 Å². The van der Waals surface area contributed by atoms with Gasteiger partial charge in [-0.25, -0.2) is 4.98 Å². The normalized spacial score (nSPS) is 14.8. The predicted molar refractivity (Wildman–Crippen MR) is 105 cm³/mol. The van der Waals surface area contributed by atoms with E-state index in [1.165, 1.54) is 0 Å². The van der Waals surface area contributed by atoms with Crippen molar-refractivity contribution in [2.75, 3.05) is 26.7 Å². The quantitative estimate of drug-likeness (QED) is 0.791. The van der Waals surface area contributed by atoms with Crippen molar-refractivity contribution in [2.45, 2.75) is 25.7 Å². The molecule has 3 rings (SSSR count). The van der Waals surface area contributed by atoms with Crippen molar-refractivity contribution in [3.05, 3.63) is 46.4 Å². The third-order valence-corrected chi connectivity index (χ3v) is 5.53. The standard InChI is InChI=1S/C20H25N3O3S/c1-26-18-4-2-15(3-5-18)12-19(24)23-10-7-16(8-11-23)20(25)21-9-6-17-13-27-14-22-17/h2-5,13-14,16H,6-12H2,1H3,(H,21,25). The van der Waals surface area contributed by atoms with Gasteiger partial charge in [-0.05, 0) is 30.5 Å². The topological polar surface area (TPSA) is 71.5 Å². The van der Waals surface area contributed by atoms with E-state index < -0.39 is 0 Å². The van der Waals surface area contributed by atoms with Crippen LogP contribution in [-0.4, -0.2) is 48.4 Å². The molecule has 1 aromatic heterocycles. The molecule has 0 radical (unpaired) electrons. The van der Waals surface area contributed by atoms with Crippen LogP contribution in [0, 0.1) is 5.92 Å². The zero-order valence-corrected chi connectivity index (χ0v) is 16.3. The number of hydrogen-bond donors (Lipinski definition) is 1. The molecule has 1 aliphatic rings. The van der Waals surface area contributed by atoms with Gasteiger partial charge in [0, 0.05) is 37.4 Å². The van der Waals surface area contributed by atoms with Gasteiger partial charge in [0.15, 0.2) is 0 Å². The van der Waals surface area contributed by atoms with E-state index in [1.54, 1.807) is 24.0 Å². The minimum absolute atomic E-state index is 0.00882. The molecule has 0 unspecified atom stereocenters. The lowest BCUT2D eigenvalue weighted by Crippen LogP contribution is -2.43. The van der Waals surface area contributed by atoms with Crippen molar-refractivity contribution >= 4 is 23.2 Å². The predicted octanol–water partition coefficient (Wildman–Crippen LogP) is 2.29. The number of aromatic nitrogens is 1. The molecule has 0 aliphatic carbocycles. The van der Waals surface area contributed by atoms with E-state index in [9.17, 15) is 9.59 Å². The molecule has 1 aromatic carbocycles. The third-order valence-electron chi connectivity index (χ3n) is 4.90. The number of nitrogens with one attached hydrogen (secondary N) is 1. The molecule has 1 saturated heterocycles. The number of amides is 2. The summed E-state index contributed by atoms with van der Waals surface area (Å²) in [6.07, 6.45) is 2.58. The van der Waals surface area contributed by atoms with Gasteiger partial charge in [0.2, 0.25) is 11.8 Å². The number of likely N-dealkylation sites (tertiary alicyclic amines) is 1. The summed E-state index contributed by atoms with van der Waals surface area (Å²) in [6.45, 7) is 1.89. The number of piperidine rings is 1. The molecule has 2 heterocycles. The summed E-state index contributed by atoms with van der Waals surface area (Å²) in [5.41, 5.74) is 3.79. The second-order valence-electron chi connectivity index (χ2n) is 6.70. The first-order valence-corrected chi connectivity index (χ1v) is 10.2. The van der Waals surface area contributed by atoms with Crippen LogP contribution in [-0.2, 0) is 22.4 Å². The molecule has 6 nitrogen and oxygen atoms in total. The zero-order chi connectivity index (χ0) is 19.1. The van der Waals surface area contributed by atoms with Crippen molar-refractivity contribution in [1.29, 1.82) is 0 Å². The first-order valence-electron chi connectivity index (χ1n) is 9.21. The molecule has 7 heteroatoms. The summed E-state index contributed by atoms with van der Waals surface area (Å²) >= 11 is 1.56. The molecular formula is C20H25N3O3S. The Labute approximate surface area is 163 Å². The highest BCUT2D eigenvalue weighted by atomic mass is 32.1. The molecule has 144 valence electrons. The van der Waals surface area contributed by atoms with Crippen LogP contribution in [0.25, 0.3) is 0 Å². The van der Waals surface area contributed by atoms with Crippen molar-refractivity contribution in [3.8, 4) is 5.75 Å². The number of carbonyl (C=O) groups excluding carboxylic acids is 2. The SMILES string of the molecule is COc1ccc(CC(=O)N2CCC(C(=O)NCCc3cscn3)CC2)cc1. The fraction of sp³-hybridized carbons (Fsp3) is 0.450. The Hall–Kier alpha value is -2.41. The number of benzene rings is 1. The average Bonchev–Trinajstić information content (AvgIpc) is 3.22. The van der Waals surface area contributed by atoms with Gasteiger partial charge in [0.25, 0.3) is 0 Å². The molecule has 1 fully saturated rings. The monoisotopic (exact) mass is 387 g/mol. The highest BCUT2D eigenvalue weighted by Gasteiger charge is 2.27. The lowest BCUT2D eigenvalue weighted by molar-refractivity contribution is -0.135. The van der Waals surface area contributed by atoms with Crippen LogP contribution in [0.5, 0.6) is 5.75 Å². The number of nitrogens with zero attached hydrogens (tertiary/aromatic N) is 2. The minimum Gasteiger partial charge on any atom is -0.497 e. The maximum absolute atomic E-state index is 12.5. The number of carbonyl (C=O) groups is 2. The van der Waals surface area contributed by atoms with Crippen LogP contribution in [0.2, 0.25) is 0 Å². The maximum Gasteiger partial charge on any atom is 0.226 e. The number of methoxy groups -OCH3 is 1. The Morgan fingerprint density at radius 1 is 1.26 bits per heavy atom. The average molecular weight is 388 g/mol. The Balaban J connectivity index is 1.39. The second-order valence-corrected chi connectivity index (χ2v) is 7.42. The van der Waals surface area contributed by atoms with Crippen LogP contribution >= 0.6 is 11.3 Å². The number of thiazole rings is 1. The Morgan fingerprint density at radius 3 is 2.63 bits per heavy atom. The van der Waals surface area contributed by atoms with Gasteiger partial charge >= 0.3 is 0 Å². The van der Waals surface area contributed by atoms with Gasteiger partial charge in [0.1, 0.15) is 5.75 Å². The minimum atomic E-state index is -0.00882. The van der Waals surface area contributed by atoms with Crippen LogP contribution in [0.15, 0.2) is 35.2 Å². The molecule has 0 spiro atoms. The van der Waals surface area contributed by atoms with Gasteiger partial charge < -0.3 is 15.0 Å². The smallest absolute Gasteiger partial charge is 0.226 e. The number of ether oxygens (including phenoxy) is 1. The molecule has 1 aliphatic heterocycles. The van der Waals surface area contributed by atoms with E-state index in [-0.39, 0.29) is 17.7 Å². The van der Waals surface area contributed by atoms with E-state index in [1.807, 2.05) is 34.5 Å². The second kappa shape index (κ2) is 9.50. The largest absolute Gasteiger partial charge is 0.497 e. The van der Waals surface area contributed by atoms with E-state index in [0.29, 0.717) is 26.1 Å². The Kier molecular flexibility index (Phi) is 6.81. The first-order chi connectivity index (χ1) is 13.2. The summed E-state index contributed by atoms with van der Waals surface area (Å²) in [5.74, 6) is 0.980. The summed E-state index contributed by atoms with van der Waals surface area (Å²) in [4.78, 5) is 30.9. The van der Waals surface area contributed by atoms with Crippen molar-refractivity contribution in [2.24, 2.45) is 5.92 Å². The third kappa shape index (κ3) is 5.53. The van der Waals surface area contributed by atoms with Crippen LogP contribution in [0.1, 0.15) is 24.1 Å². The van der Waals surface area contributed by atoms with Crippen LogP contribution in [0.4, 0.5) is 0 Å². The highest BCUT2D eigenvalue weighted by molar-refractivity contribution is 7.07. The first kappa shape index (κ1) is 19.4. The zero-order valence-electron chi connectivity index (χ0n) is 15.5. The molecular weight excluding hydrogens is 362 g/mol. The Bertz CT molecular complexity index is 738. The molecule has 27 heavy (non-hydrogen) atoms. The van der Waals surface area contributed by atoms with Crippen molar-refractivity contribution in [3.63, 3.8) is 0 Å². The van der Waals surface area contributed by atoms with Gasteiger partial charge in [-0.3, -0.25) is 9.59 Å². The number of rotatable bonds is 7. The molecule has 0 atom stereocenters. The molecule has 2 amide bonds. The van der Waals surface area contributed by atoms with E-state index in [4.69, 9.17) is 4.74 Å². The molecule has 0 saturated carbocycles. The van der Waals surface area contributed by atoms with Crippen LogP contribution in [0.3, 0.4) is 0 Å². The van der Waals surface area contributed by atoms with Gasteiger partial charge in [-0.15, -0.1) is 11.3 Å². The summed E-state index contributed by atoms with van der Waals surface area (Å²) in [5, 5.41) is 4.99. The fourth-order valence-electron chi connectivity index (χ4n) is 3.24. The summed E-state index contributed by atoms with van der Waals surface area (Å²) in [7, 11) is 1.62. The molecule has 1 N–H and O–H groups in total. The van der Waals surface area contributed by atoms with Gasteiger partial charge in [-0.1, -0.05) is 12.1 Å². The summed E-state index contributed by atoms with van der Waals surface area (Å²) in [6, 6.07) is 7.56. The number of hydrogen-bond acceptors (Lipinski definition) is 5. The Morgan fingerprint density at radius 2 is 2.00 bits per heavy atom. The van der Waals surface area contributed by atoms with Gasteiger partial charge in [-0.2, -0.15) is 0 Å². The van der Waals surface area contributed by atoms with Crippen molar-refractivity contribution < 1.29 is 14.3 Å². The van der Waals surface area contributed by atoms with Crippen LogP contribution < -0.4 is 10.1 Å². The fourth-order valence-corrected chi connectivity index (χ4v) is 3.83. The van der Waals surface area contributed by atoms with E-state index in [0.717, 1.165) is 36.3 Å².